The second kappa shape index (κ2) is 7.79. The average Bonchev–Trinajstić information content (AvgIpc) is 3.41. The first-order chi connectivity index (χ1) is 14.2. The molecular weight excluding hydrogens is 378 g/mol. The molecule has 1 amide bonds. The van der Waals surface area contributed by atoms with Gasteiger partial charge in [0, 0.05) is 38.3 Å². The van der Waals surface area contributed by atoms with Crippen LogP contribution in [0.2, 0.25) is 0 Å². The van der Waals surface area contributed by atoms with E-state index in [1.54, 1.807) is 11.3 Å². The van der Waals surface area contributed by atoms with Crippen LogP contribution in [0, 0.1) is 5.41 Å². The molecule has 3 aromatic rings. The summed E-state index contributed by atoms with van der Waals surface area (Å²) in [7, 11) is 0. The van der Waals surface area contributed by atoms with Gasteiger partial charge in [0.05, 0.1) is 20.6 Å². The molecule has 5 heteroatoms. The minimum Gasteiger partial charge on any atom is -0.368 e. The van der Waals surface area contributed by atoms with Crippen molar-refractivity contribution in [3.8, 4) is 0 Å². The van der Waals surface area contributed by atoms with Crippen LogP contribution < -0.4 is 4.90 Å². The lowest BCUT2D eigenvalue weighted by Crippen LogP contribution is -2.53. The molecule has 5 rings (SSSR count). The van der Waals surface area contributed by atoms with Crippen molar-refractivity contribution < 1.29 is 4.79 Å². The number of rotatable bonds is 4. The molecule has 0 spiro atoms. The Balaban J connectivity index is 1.31. The van der Waals surface area contributed by atoms with E-state index in [0.29, 0.717) is 5.91 Å². The predicted molar refractivity (Wildman–Crippen MR) is 119 cm³/mol. The van der Waals surface area contributed by atoms with Gasteiger partial charge in [-0.2, -0.15) is 0 Å². The third kappa shape index (κ3) is 3.64. The van der Waals surface area contributed by atoms with Crippen molar-refractivity contribution in [3.05, 3.63) is 59.6 Å². The van der Waals surface area contributed by atoms with E-state index in [2.05, 4.69) is 58.3 Å². The summed E-state index contributed by atoms with van der Waals surface area (Å²) in [5, 5.41) is 1.12. The van der Waals surface area contributed by atoms with Gasteiger partial charge in [0.1, 0.15) is 0 Å². The molecule has 0 N–H and O–H groups in total. The normalized spacial score (nSPS) is 19.0. The smallest absolute Gasteiger partial charge is 0.229 e. The van der Waals surface area contributed by atoms with Crippen LogP contribution >= 0.6 is 11.3 Å². The lowest BCUT2D eigenvalue weighted by molar-refractivity contribution is -0.142. The van der Waals surface area contributed by atoms with Crippen molar-refractivity contribution in [2.45, 2.75) is 32.1 Å². The highest BCUT2D eigenvalue weighted by molar-refractivity contribution is 7.18. The molecule has 1 aliphatic carbocycles. The zero-order valence-electron chi connectivity index (χ0n) is 16.7. The van der Waals surface area contributed by atoms with Crippen molar-refractivity contribution in [1.29, 1.82) is 0 Å². The number of benzene rings is 2. The first-order valence-corrected chi connectivity index (χ1v) is 11.5. The van der Waals surface area contributed by atoms with Crippen molar-refractivity contribution in [3.63, 3.8) is 0 Å². The fraction of sp³-hybridized carbons (Fsp3) is 0.417. The molecule has 2 aromatic carbocycles. The van der Waals surface area contributed by atoms with Crippen LogP contribution in [-0.4, -0.2) is 42.0 Å². The number of fused-ring (bicyclic) bond motifs is 1. The molecule has 0 unspecified atom stereocenters. The van der Waals surface area contributed by atoms with Gasteiger partial charge in [-0.05, 0) is 37.1 Å². The molecule has 4 nitrogen and oxygen atoms in total. The molecule has 1 aromatic heterocycles. The van der Waals surface area contributed by atoms with Crippen LogP contribution in [0.4, 0.5) is 5.69 Å². The maximum atomic E-state index is 13.7. The van der Waals surface area contributed by atoms with E-state index >= 15 is 0 Å². The largest absolute Gasteiger partial charge is 0.368 e. The van der Waals surface area contributed by atoms with Gasteiger partial charge in [-0.25, -0.2) is 4.98 Å². The highest BCUT2D eigenvalue weighted by Crippen LogP contribution is 2.44. The Bertz CT molecular complexity index is 953. The Morgan fingerprint density at radius 2 is 1.62 bits per heavy atom. The molecule has 1 aliphatic heterocycles. The lowest BCUT2D eigenvalue weighted by atomic mass is 9.81. The van der Waals surface area contributed by atoms with Crippen molar-refractivity contribution in [2.75, 3.05) is 31.1 Å². The van der Waals surface area contributed by atoms with E-state index in [9.17, 15) is 4.79 Å². The Labute approximate surface area is 176 Å². The number of hydrogen-bond acceptors (Lipinski definition) is 4. The van der Waals surface area contributed by atoms with Gasteiger partial charge in [-0.15, -0.1) is 11.3 Å². The summed E-state index contributed by atoms with van der Waals surface area (Å²) in [6.07, 6.45) is 5.10. The monoisotopic (exact) mass is 405 g/mol. The molecule has 1 saturated carbocycles. The maximum absolute atomic E-state index is 13.7. The fourth-order valence-corrected chi connectivity index (χ4v) is 6.06. The Morgan fingerprint density at radius 3 is 2.34 bits per heavy atom. The topological polar surface area (TPSA) is 36.4 Å². The van der Waals surface area contributed by atoms with E-state index in [4.69, 9.17) is 4.98 Å². The van der Waals surface area contributed by atoms with Crippen LogP contribution in [0.5, 0.6) is 0 Å². The second-order valence-corrected chi connectivity index (χ2v) is 9.47. The van der Waals surface area contributed by atoms with E-state index in [1.165, 1.54) is 10.4 Å². The minimum absolute atomic E-state index is 0.247. The number of aromatic nitrogens is 1. The average molecular weight is 406 g/mol. The number of hydrogen-bond donors (Lipinski definition) is 0. The summed E-state index contributed by atoms with van der Waals surface area (Å²) in [5.74, 6) is 0.363. The Morgan fingerprint density at radius 1 is 0.931 bits per heavy atom. The number of carbonyl (C=O) groups excluding carboxylic acids is 1. The molecule has 2 heterocycles. The third-order valence-electron chi connectivity index (χ3n) is 6.53. The van der Waals surface area contributed by atoms with Gasteiger partial charge in [-0.3, -0.25) is 4.79 Å². The number of nitrogens with zero attached hydrogens (tertiary/aromatic N) is 3. The quantitative estimate of drug-likeness (QED) is 0.629. The summed E-state index contributed by atoms with van der Waals surface area (Å²) < 4.78 is 1.22. The van der Waals surface area contributed by atoms with E-state index in [1.807, 2.05) is 6.07 Å². The summed E-state index contributed by atoms with van der Waals surface area (Å²) in [4.78, 5) is 23.0. The van der Waals surface area contributed by atoms with Crippen molar-refractivity contribution in [2.24, 2.45) is 5.41 Å². The van der Waals surface area contributed by atoms with Crippen molar-refractivity contribution in [1.82, 2.24) is 9.88 Å². The molecule has 0 atom stereocenters. The predicted octanol–water partition coefficient (Wildman–Crippen LogP) is 4.75. The van der Waals surface area contributed by atoms with Crippen molar-refractivity contribution >= 4 is 33.1 Å². The number of piperazine rings is 1. The van der Waals surface area contributed by atoms with Gasteiger partial charge < -0.3 is 9.80 Å². The molecule has 2 fully saturated rings. The third-order valence-corrected chi connectivity index (χ3v) is 7.57. The van der Waals surface area contributed by atoms with Crippen LogP contribution in [0.3, 0.4) is 0 Å². The summed E-state index contributed by atoms with van der Waals surface area (Å²) in [6, 6.07) is 18.8. The summed E-state index contributed by atoms with van der Waals surface area (Å²) >= 11 is 1.75. The molecule has 29 heavy (non-hydrogen) atoms. The number of anilines is 1. The van der Waals surface area contributed by atoms with Gasteiger partial charge in [0.25, 0.3) is 0 Å². The SMILES string of the molecule is O=C(N1CCN(c2ccccc2)CC1)C1(Cc2nc3ccccc3s2)CCCC1. The van der Waals surface area contributed by atoms with Crippen LogP contribution in [0.15, 0.2) is 54.6 Å². The zero-order valence-corrected chi connectivity index (χ0v) is 17.5. The molecule has 0 bridgehead atoms. The van der Waals surface area contributed by atoms with Gasteiger partial charge in [0.2, 0.25) is 5.91 Å². The number of thiazole rings is 1. The fourth-order valence-electron chi connectivity index (χ4n) is 4.95. The number of carbonyl (C=O) groups is 1. The van der Waals surface area contributed by atoms with Crippen LogP contribution in [-0.2, 0) is 11.2 Å². The zero-order chi connectivity index (χ0) is 19.7. The van der Waals surface area contributed by atoms with Gasteiger partial charge in [0.15, 0.2) is 0 Å². The van der Waals surface area contributed by atoms with Crippen LogP contribution in [0.25, 0.3) is 10.2 Å². The minimum atomic E-state index is -0.247. The van der Waals surface area contributed by atoms with Gasteiger partial charge >= 0.3 is 0 Å². The number of amides is 1. The standard InChI is InChI=1S/C24H27N3OS/c28-23(27-16-14-26(15-17-27)19-8-2-1-3-9-19)24(12-6-7-13-24)18-22-25-20-10-4-5-11-21(20)29-22/h1-5,8-11H,6-7,12-18H2. The summed E-state index contributed by atoms with van der Waals surface area (Å²) in [5.41, 5.74) is 2.07. The van der Waals surface area contributed by atoms with E-state index in [0.717, 1.165) is 68.8 Å². The Kier molecular flexibility index (Phi) is 5.00. The van der Waals surface area contributed by atoms with Gasteiger partial charge in [-0.1, -0.05) is 43.2 Å². The first-order valence-electron chi connectivity index (χ1n) is 10.7. The second-order valence-electron chi connectivity index (χ2n) is 8.35. The summed E-state index contributed by atoms with van der Waals surface area (Å²) in [6.45, 7) is 3.45. The first kappa shape index (κ1) is 18.6. The lowest BCUT2D eigenvalue weighted by Gasteiger charge is -2.40. The van der Waals surface area contributed by atoms with Crippen LogP contribution in [0.1, 0.15) is 30.7 Å². The molecule has 150 valence electrons. The highest BCUT2D eigenvalue weighted by Gasteiger charge is 2.44. The Hall–Kier alpha value is -2.40. The number of para-hydroxylation sites is 2. The molecule has 2 aliphatic rings. The van der Waals surface area contributed by atoms with E-state index < -0.39 is 0 Å². The van der Waals surface area contributed by atoms with E-state index in [-0.39, 0.29) is 5.41 Å². The maximum Gasteiger partial charge on any atom is 0.229 e. The molecular formula is C24H27N3OS. The molecule has 1 saturated heterocycles. The highest BCUT2D eigenvalue weighted by atomic mass is 32.1. The molecule has 0 radical (unpaired) electrons.